The van der Waals surface area contributed by atoms with Gasteiger partial charge in [-0.05, 0) is 31.7 Å². The van der Waals surface area contributed by atoms with Crippen molar-refractivity contribution in [3.63, 3.8) is 0 Å². The third kappa shape index (κ3) is 2.92. The molecule has 150 valence electrons. The third-order valence-corrected chi connectivity index (χ3v) is 5.62. The van der Waals surface area contributed by atoms with Crippen LogP contribution in [0.25, 0.3) is 11.1 Å². The molecular formula is C20H23ClFN3O3. The second-order valence-corrected chi connectivity index (χ2v) is 8.18. The van der Waals surface area contributed by atoms with Gasteiger partial charge < -0.3 is 9.64 Å². The van der Waals surface area contributed by atoms with Gasteiger partial charge in [0.15, 0.2) is 6.10 Å². The van der Waals surface area contributed by atoms with Crippen LogP contribution < -0.4 is 15.2 Å². The molecule has 0 spiro atoms. The number of hydrogen-bond donors (Lipinski definition) is 0. The Bertz CT molecular complexity index is 1010. The van der Waals surface area contributed by atoms with Gasteiger partial charge in [0.2, 0.25) is 0 Å². The van der Waals surface area contributed by atoms with Crippen LogP contribution in [0.5, 0.6) is 5.75 Å². The minimum Gasteiger partial charge on any atom is -0.479 e. The molecule has 0 aliphatic carbocycles. The van der Waals surface area contributed by atoms with Crippen LogP contribution in [0.3, 0.4) is 0 Å². The lowest BCUT2D eigenvalue weighted by Gasteiger charge is -2.34. The molecule has 0 bridgehead atoms. The van der Waals surface area contributed by atoms with Crippen LogP contribution in [0, 0.1) is 11.7 Å². The first-order chi connectivity index (χ1) is 13.3. The Kier molecular flexibility index (Phi) is 4.73. The average molecular weight is 408 g/mol. The molecule has 0 N–H and O–H groups in total. The Balaban J connectivity index is 1.90. The van der Waals surface area contributed by atoms with Crippen LogP contribution in [-0.2, 0) is 17.9 Å². The number of hydrogen-bond acceptors (Lipinski definition) is 3. The highest BCUT2D eigenvalue weighted by Gasteiger charge is 2.34. The number of carbonyl (C=O) groups is 1. The van der Waals surface area contributed by atoms with E-state index in [4.69, 9.17) is 16.3 Å². The van der Waals surface area contributed by atoms with Gasteiger partial charge in [0.25, 0.3) is 11.5 Å². The molecule has 6 nitrogen and oxygen atoms in total. The minimum absolute atomic E-state index is 0.0999. The van der Waals surface area contributed by atoms with E-state index in [1.807, 2.05) is 13.8 Å². The van der Waals surface area contributed by atoms with Crippen molar-refractivity contribution in [3.05, 3.63) is 33.5 Å². The van der Waals surface area contributed by atoms with Crippen molar-refractivity contribution in [1.82, 2.24) is 9.36 Å². The highest BCUT2D eigenvalue weighted by Crippen LogP contribution is 2.40. The molecule has 2 aliphatic rings. The highest BCUT2D eigenvalue weighted by molar-refractivity contribution is 6.32. The summed E-state index contributed by atoms with van der Waals surface area (Å²) in [5, 5.41) is 0.232. The van der Waals surface area contributed by atoms with E-state index < -0.39 is 11.9 Å². The molecule has 1 atom stereocenters. The zero-order valence-electron chi connectivity index (χ0n) is 16.2. The molecule has 0 fully saturated rings. The molecule has 1 unspecified atom stereocenters. The maximum atomic E-state index is 15.0. The first-order valence-corrected chi connectivity index (χ1v) is 9.98. The van der Waals surface area contributed by atoms with Crippen molar-refractivity contribution in [1.29, 1.82) is 0 Å². The van der Waals surface area contributed by atoms with Crippen LogP contribution in [0.2, 0.25) is 5.15 Å². The molecule has 2 aliphatic heterocycles. The maximum Gasteiger partial charge on any atom is 0.276 e. The number of ether oxygens (including phenoxy) is 1. The largest absolute Gasteiger partial charge is 0.479 e. The number of carbonyl (C=O) groups excluding carboxylic acids is 1. The average Bonchev–Trinajstić information content (AvgIpc) is 2.90. The van der Waals surface area contributed by atoms with E-state index in [2.05, 4.69) is 0 Å². The van der Waals surface area contributed by atoms with Crippen molar-refractivity contribution >= 4 is 23.2 Å². The SMILES string of the molecule is CC(C)CN1C(=O)C(C)Oc2cc(F)c(-c3c(Cl)n4n(c3=O)CCCC4)cc21. The molecule has 4 rings (SSSR count). The van der Waals surface area contributed by atoms with Gasteiger partial charge >= 0.3 is 0 Å². The zero-order valence-corrected chi connectivity index (χ0v) is 16.9. The maximum absolute atomic E-state index is 15.0. The minimum atomic E-state index is -0.687. The number of rotatable bonds is 3. The van der Waals surface area contributed by atoms with Crippen LogP contribution in [0.1, 0.15) is 33.6 Å². The Morgan fingerprint density at radius 2 is 1.89 bits per heavy atom. The Hall–Kier alpha value is -2.28. The monoisotopic (exact) mass is 407 g/mol. The first-order valence-electron chi connectivity index (χ1n) is 9.60. The quantitative estimate of drug-likeness (QED) is 0.780. The molecule has 3 heterocycles. The van der Waals surface area contributed by atoms with Gasteiger partial charge in [-0.2, -0.15) is 0 Å². The molecule has 1 aromatic heterocycles. The molecule has 0 radical (unpaired) electrons. The zero-order chi connectivity index (χ0) is 20.2. The summed E-state index contributed by atoms with van der Waals surface area (Å²) >= 11 is 6.47. The molecule has 8 heteroatoms. The molecule has 0 saturated carbocycles. The Morgan fingerprint density at radius 3 is 2.54 bits per heavy atom. The standard InChI is InChI=1S/C20H23ClFN3O3/c1-11(2)10-23-15-8-13(14(22)9-16(15)28-12(3)19(23)26)17-18(21)24-6-4-5-7-25(24)20(17)27/h8-9,11-12H,4-7,10H2,1-3H3. The molecule has 2 aromatic rings. The predicted molar refractivity (Wildman–Crippen MR) is 106 cm³/mol. The van der Waals surface area contributed by atoms with E-state index in [1.54, 1.807) is 21.2 Å². The van der Waals surface area contributed by atoms with Gasteiger partial charge in [-0.3, -0.25) is 14.3 Å². The molecule has 1 amide bonds. The van der Waals surface area contributed by atoms with Gasteiger partial charge in [0.05, 0.1) is 11.3 Å². The number of aromatic nitrogens is 2. The number of benzene rings is 1. The van der Waals surface area contributed by atoms with Crippen molar-refractivity contribution in [2.75, 3.05) is 11.4 Å². The van der Waals surface area contributed by atoms with E-state index in [-0.39, 0.29) is 33.7 Å². The first kappa shape index (κ1) is 19.1. The van der Waals surface area contributed by atoms with E-state index in [1.165, 1.54) is 12.1 Å². The van der Waals surface area contributed by atoms with Crippen molar-refractivity contribution in [2.45, 2.75) is 52.8 Å². The number of nitrogens with zero attached hydrogens (tertiary/aromatic N) is 3. The van der Waals surface area contributed by atoms with E-state index in [0.717, 1.165) is 12.8 Å². The van der Waals surface area contributed by atoms with Crippen LogP contribution in [-0.4, -0.2) is 27.9 Å². The highest BCUT2D eigenvalue weighted by atomic mass is 35.5. The van der Waals surface area contributed by atoms with E-state index in [9.17, 15) is 9.59 Å². The lowest BCUT2D eigenvalue weighted by molar-refractivity contribution is -0.125. The molecule has 28 heavy (non-hydrogen) atoms. The molecule has 0 saturated heterocycles. The molecule has 1 aromatic carbocycles. The number of amides is 1. The van der Waals surface area contributed by atoms with Crippen LogP contribution in [0.15, 0.2) is 16.9 Å². The Morgan fingerprint density at radius 1 is 1.21 bits per heavy atom. The summed E-state index contributed by atoms with van der Waals surface area (Å²) in [5.74, 6) is -0.258. The summed E-state index contributed by atoms with van der Waals surface area (Å²) < 4.78 is 23.9. The van der Waals surface area contributed by atoms with Crippen LogP contribution in [0.4, 0.5) is 10.1 Å². The smallest absolute Gasteiger partial charge is 0.276 e. The van der Waals surface area contributed by atoms with Gasteiger partial charge in [-0.1, -0.05) is 25.4 Å². The van der Waals surface area contributed by atoms with Gasteiger partial charge in [-0.25, -0.2) is 9.07 Å². The summed E-state index contributed by atoms with van der Waals surface area (Å²) in [6.07, 6.45) is 1.12. The second kappa shape index (κ2) is 6.95. The van der Waals surface area contributed by atoms with E-state index >= 15 is 4.39 Å². The fourth-order valence-electron chi connectivity index (χ4n) is 3.93. The van der Waals surface area contributed by atoms with Crippen molar-refractivity contribution < 1.29 is 13.9 Å². The predicted octanol–water partition coefficient (Wildman–Crippen LogP) is 3.67. The number of fused-ring (bicyclic) bond motifs is 2. The summed E-state index contributed by atoms with van der Waals surface area (Å²) in [6.45, 7) is 7.31. The summed E-state index contributed by atoms with van der Waals surface area (Å²) in [4.78, 5) is 27.2. The van der Waals surface area contributed by atoms with Crippen molar-refractivity contribution in [2.24, 2.45) is 5.92 Å². The number of anilines is 1. The second-order valence-electron chi connectivity index (χ2n) is 7.83. The van der Waals surface area contributed by atoms with E-state index in [0.29, 0.717) is 31.1 Å². The topological polar surface area (TPSA) is 56.5 Å². The number of halogens is 2. The molecular weight excluding hydrogens is 385 g/mol. The lowest BCUT2D eigenvalue weighted by atomic mass is 10.0. The van der Waals surface area contributed by atoms with Crippen LogP contribution >= 0.6 is 11.6 Å². The van der Waals surface area contributed by atoms with Gasteiger partial charge in [-0.15, -0.1) is 0 Å². The Labute approximate surface area is 167 Å². The summed E-state index contributed by atoms with van der Waals surface area (Å²) in [5.41, 5.74) is 0.399. The van der Waals surface area contributed by atoms with Crippen molar-refractivity contribution in [3.8, 4) is 16.9 Å². The fraction of sp³-hybridized carbons (Fsp3) is 0.500. The lowest BCUT2D eigenvalue weighted by Crippen LogP contribution is -2.46. The fourth-order valence-corrected chi connectivity index (χ4v) is 4.28. The third-order valence-electron chi connectivity index (χ3n) is 5.24. The van der Waals surface area contributed by atoms with Gasteiger partial charge in [0.1, 0.15) is 16.7 Å². The summed E-state index contributed by atoms with van der Waals surface area (Å²) in [6, 6.07) is 2.77. The summed E-state index contributed by atoms with van der Waals surface area (Å²) in [7, 11) is 0. The normalized spacial score (nSPS) is 18.9. The van der Waals surface area contributed by atoms with Gasteiger partial charge in [0, 0.05) is 31.3 Å².